The molecule has 10 heavy (non-hydrogen) atoms. The monoisotopic (exact) mass is 147 g/mol. The third kappa shape index (κ3) is 44.5. The molecule has 0 amide bonds. The Morgan fingerprint density at radius 3 is 1.60 bits per heavy atom. The van der Waals surface area contributed by atoms with Crippen molar-refractivity contribution < 1.29 is 4.74 Å². The van der Waals surface area contributed by atoms with Crippen molar-refractivity contribution in [3.63, 3.8) is 0 Å². The summed E-state index contributed by atoms with van der Waals surface area (Å²) in [7, 11) is 6.00. The third-order valence-corrected chi connectivity index (χ3v) is 0.553. The number of nitrogens with zero attached hydrogens (tertiary/aromatic N) is 1. The van der Waals surface area contributed by atoms with E-state index in [1.54, 1.807) is 0 Å². The highest BCUT2D eigenvalue weighted by molar-refractivity contribution is 4.19. The molecule has 2 heteroatoms. The highest BCUT2D eigenvalue weighted by Gasteiger charge is 1.72. The first-order valence-electron chi connectivity index (χ1n) is 3.83. The van der Waals surface area contributed by atoms with Crippen molar-refractivity contribution in [1.82, 2.24) is 4.90 Å². The SMILES string of the molecule is CCCOCC.CN(C)C. The summed E-state index contributed by atoms with van der Waals surface area (Å²) in [6.07, 6.45) is 1.13. The number of hydrogen-bond donors (Lipinski definition) is 0. The Hall–Kier alpha value is -0.0800. The highest BCUT2D eigenvalue weighted by atomic mass is 16.5. The van der Waals surface area contributed by atoms with Gasteiger partial charge in [-0.1, -0.05) is 6.92 Å². The van der Waals surface area contributed by atoms with Gasteiger partial charge in [-0.2, -0.15) is 0 Å². The predicted octanol–water partition coefficient (Wildman–Crippen LogP) is 1.61. The van der Waals surface area contributed by atoms with Gasteiger partial charge in [0.25, 0.3) is 0 Å². The molecule has 0 radical (unpaired) electrons. The van der Waals surface area contributed by atoms with Crippen LogP contribution in [0.15, 0.2) is 0 Å². The van der Waals surface area contributed by atoms with Crippen molar-refractivity contribution in [2.75, 3.05) is 34.4 Å². The highest BCUT2D eigenvalue weighted by Crippen LogP contribution is 1.75. The van der Waals surface area contributed by atoms with E-state index in [0.29, 0.717) is 0 Å². The Labute approximate surface area is 65.2 Å². The maximum atomic E-state index is 4.98. The summed E-state index contributed by atoms with van der Waals surface area (Å²) in [6.45, 7) is 5.88. The molecule has 0 atom stereocenters. The minimum Gasteiger partial charge on any atom is -0.382 e. The van der Waals surface area contributed by atoms with Gasteiger partial charge in [-0.3, -0.25) is 0 Å². The summed E-state index contributed by atoms with van der Waals surface area (Å²) in [5.41, 5.74) is 0. The van der Waals surface area contributed by atoms with Crippen LogP contribution < -0.4 is 0 Å². The van der Waals surface area contributed by atoms with Crippen molar-refractivity contribution in [2.45, 2.75) is 20.3 Å². The van der Waals surface area contributed by atoms with Crippen LogP contribution in [-0.4, -0.2) is 39.3 Å². The minimum atomic E-state index is 0.855. The molecule has 0 spiro atoms. The van der Waals surface area contributed by atoms with Gasteiger partial charge in [-0.25, -0.2) is 0 Å². The first-order chi connectivity index (χ1) is 4.65. The fraction of sp³-hybridized carbons (Fsp3) is 1.00. The summed E-state index contributed by atoms with van der Waals surface area (Å²) in [5.74, 6) is 0. The molecule has 0 aliphatic carbocycles. The van der Waals surface area contributed by atoms with Gasteiger partial charge in [0, 0.05) is 13.2 Å². The van der Waals surface area contributed by atoms with E-state index < -0.39 is 0 Å². The second kappa shape index (κ2) is 11.7. The van der Waals surface area contributed by atoms with Crippen LogP contribution >= 0.6 is 0 Å². The first kappa shape index (κ1) is 12.6. The van der Waals surface area contributed by atoms with Crippen molar-refractivity contribution >= 4 is 0 Å². The smallest absolute Gasteiger partial charge is 0.0463 e. The van der Waals surface area contributed by atoms with Crippen LogP contribution in [-0.2, 0) is 4.74 Å². The molecule has 0 heterocycles. The molecule has 0 aliphatic heterocycles. The van der Waals surface area contributed by atoms with E-state index in [9.17, 15) is 0 Å². The van der Waals surface area contributed by atoms with Crippen LogP contribution in [0.4, 0.5) is 0 Å². The molecule has 0 aromatic carbocycles. The van der Waals surface area contributed by atoms with Crippen LogP contribution in [0.5, 0.6) is 0 Å². The van der Waals surface area contributed by atoms with Crippen molar-refractivity contribution in [3.8, 4) is 0 Å². The van der Waals surface area contributed by atoms with E-state index in [0.717, 1.165) is 19.6 Å². The summed E-state index contributed by atoms with van der Waals surface area (Å²) < 4.78 is 4.98. The lowest BCUT2D eigenvalue weighted by atomic mass is 10.5. The van der Waals surface area contributed by atoms with Crippen LogP contribution in [0.1, 0.15) is 20.3 Å². The minimum absolute atomic E-state index is 0.855. The molecule has 2 nitrogen and oxygen atoms in total. The third-order valence-electron chi connectivity index (χ3n) is 0.553. The molecule has 0 N–H and O–H groups in total. The number of ether oxygens (including phenoxy) is 1. The Bertz CT molecular complexity index is 39.8. The first-order valence-corrected chi connectivity index (χ1v) is 3.83. The second-order valence-corrected chi connectivity index (χ2v) is 2.54. The van der Waals surface area contributed by atoms with E-state index >= 15 is 0 Å². The molecule has 0 saturated carbocycles. The lowest BCUT2D eigenvalue weighted by molar-refractivity contribution is 0.148. The number of rotatable bonds is 3. The van der Waals surface area contributed by atoms with E-state index in [1.165, 1.54) is 0 Å². The van der Waals surface area contributed by atoms with E-state index in [-0.39, 0.29) is 0 Å². The summed E-state index contributed by atoms with van der Waals surface area (Å²) >= 11 is 0. The summed E-state index contributed by atoms with van der Waals surface area (Å²) in [4.78, 5) is 2.00. The standard InChI is InChI=1S/C5H12O.C3H9N/c1-3-5-6-4-2;1-4(2)3/h3-5H2,1-2H3;1-3H3. The normalized spacial score (nSPS) is 9.00. The maximum absolute atomic E-state index is 4.98. The lowest BCUT2D eigenvalue weighted by Gasteiger charge is -1.91. The molecule has 0 fully saturated rings. The molecule has 0 aromatic heterocycles. The Morgan fingerprint density at radius 1 is 1.10 bits per heavy atom. The fourth-order valence-electron chi connectivity index (χ4n) is 0.289. The second-order valence-electron chi connectivity index (χ2n) is 2.54. The Kier molecular flexibility index (Phi) is 14.7. The van der Waals surface area contributed by atoms with Gasteiger partial charge in [-0.15, -0.1) is 0 Å². The van der Waals surface area contributed by atoms with Crippen LogP contribution in [0.3, 0.4) is 0 Å². The summed E-state index contributed by atoms with van der Waals surface area (Å²) in [6, 6.07) is 0. The van der Waals surface area contributed by atoms with E-state index in [4.69, 9.17) is 4.74 Å². The average molecular weight is 147 g/mol. The zero-order chi connectivity index (χ0) is 8.41. The lowest BCUT2D eigenvalue weighted by Crippen LogP contribution is -1.99. The van der Waals surface area contributed by atoms with Gasteiger partial charge >= 0.3 is 0 Å². The topological polar surface area (TPSA) is 12.5 Å². The molecule has 0 bridgehead atoms. The molecule has 0 aliphatic rings. The van der Waals surface area contributed by atoms with Crippen LogP contribution in [0.2, 0.25) is 0 Å². The van der Waals surface area contributed by atoms with Crippen LogP contribution in [0.25, 0.3) is 0 Å². The van der Waals surface area contributed by atoms with E-state index in [2.05, 4.69) is 6.92 Å². The zero-order valence-corrected chi connectivity index (χ0v) is 7.98. The maximum Gasteiger partial charge on any atom is 0.0463 e. The van der Waals surface area contributed by atoms with Gasteiger partial charge in [0.1, 0.15) is 0 Å². The average Bonchev–Trinajstić information content (AvgIpc) is 1.82. The predicted molar refractivity (Wildman–Crippen MR) is 46.4 cm³/mol. The molecular formula is C8H21NO. The van der Waals surface area contributed by atoms with E-state index in [1.807, 2.05) is 33.0 Å². The van der Waals surface area contributed by atoms with Crippen molar-refractivity contribution in [2.24, 2.45) is 0 Å². The molecular weight excluding hydrogens is 126 g/mol. The molecule has 0 aromatic rings. The van der Waals surface area contributed by atoms with Gasteiger partial charge in [0.2, 0.25) is 0 Å². The van der Waals surface area contributed by atoms with Gasteiger partial charge in [0.15, 0.2) is 0 Å². The van der Waals surface area contributed by atoms with Gasteiger partial charge in [-0.05, 0) is 34.5 Å². The Morgan fingerprint density at radius 2 is 1.50 bits per heavy atom. The van der Waals surface area contributed by atoms with Gasteiger partial charge in [0.05, 0.1) is 0 Å². The van der Waals surface area contributed by atoms with Gasteiger partial charge < -0.3 is 9.64 Å². The van der Waals surface area contributed by atoms with Crippen molar-refractivity contribution in [1.29, 1.82) is 0 Å². The quantitative estimate of drug-likeness (QED) is 0.562. The Balaban J connectivity index is 0. The molecule has 0 rings (SSSR count). The van der Waals surface area contributed by atoms with Crippen molar-refractivity contribution in [3.05, 3.63) is 0 Å². The fourth-order valence-corrected chi connectivity index (χ4v) is 0.289. The number of hydrogen-bond acceptors (Lipinski definition) is 2. The summed E-state index contributed by atoms with van der Waals surface area (Å²) in [5, 5.41) is 0. The molecule has 0 saturated heterocycles. The molecule has 64 valence electrons. The molecule has 0 unspecified atom stereocenters. The van der Waals surface area contributed by atoms with Crippen LogP contribution in [0, 0.1) is 0 Å². The zero-order valence-electron chi connectivity index (χ0n) is 7.98. The largest absolute Gasteiger partial charge is 0.382 e.